The van der Waals surface area contributed by atoms with Crippen molar-refractivity contribution >= 4 is 34.2 Å². The van der Waals surface area contributed by atoms with Crippen LogP contribution in [0.25, 0.3) is 28.5 Å². The molecule has 1 N–H and O–H groups in total. The van der Waals surface area contributed by atoms with Gasteiger partial charge in [-0.05, 0) is 30.4 Å². The molecule has 0 saturated heterocycles. The molecule has 0 bridgehead atoms. The molecule has 0 saturated carbocycles. The Bertz CT molecular complexity index is 975. The quantitative estimate of drug-likeness (QED) is 0.738. The lowest BCUT2D eigenvalue weighted by atomic mass is 9.83. The fraction of sp³-hybridized carbons (Fsp3) is 0.333. The number of nitroso groups, excluding NO2 is 1. The van der Waals surface area contributed by atoms with Crippen LogP contribution in [0.1, 0.15) is 38.2 Å². The Morgan fingerprint density at radius 1 is 1.19 bits per heavy atom. The highest BCUT2D eigenvalue weighted by Crippen LogP contribution is 2.48. The van der Waals surface area contributed by atoms with E-state index in [2.05, 4.69) is 36.5 Å². The summed E-state index contributed by atoms with van der Waals surface area (Å²) in [6.45, 7) is 2.26. The number of aromatic amines is 1. The van der Waals surface area contributed by atoms with Crippen molar-refractivity contribution in [1.29, 1.82) is 0 Å². The second-order valence-corrected chi connectivity index (χ2v) is 6.43. The van der Waals surface area contributed by atoms with Gasteiger partial charge in [0.15, 0.2) is 0 Å². The minimum Gasteiger partial charge on any atom is -0.366 e. The van der Waals surface area contributed by atoms with Crippen LogP contribution in [-0.2, 0) is 0 Å². The molecular weight excluding hydrogens is 260 g/mol. The Morgan fingerprint density at radius 3 is 2.90 bits per heavy atom. The summed E-state index contributed by atoms with van der Waals surface area (Å²) in [5.74, 6) is 0.480. The van der Waals surface area contributed by atoms with Gasteiger partial charge in [0, 0.05) is 40.1 Å². The molecule has 3 aliphatic rings. The number of allylic oxidation sites excluding steroid dienone is 2. The molecule has 3 heteroatoms. The van der Waals surface area contributed by atoms with E-state index < -0.39 is 0 Å². The zero-order chi connectivity index (χ0) is 14.1. The first-order valence-corrected chi connectivity index (χ1v) is 7.81. The summed E-state index contributed by atoms with van der Waals surface area (Å²) in [7, 11) is 0. The topological polar surface area (TPSA) is 35.9 Å². The minimum absolute atomic E-state index is 0.480. The zero-order valence-corrected chi connectivity index (χ0v) is 12.1. The number of benzene rings is 1. The van der Waals surface area contributed by atoms with Gasteiger partial charge in [-0.3, -0.25) is 0 Å². The third-order valence-corrected chi connectivity index (χ3v) is 5.30. The van der Waals surface area contributed by atoms with E-state index in [0.29, 0.717) is 5.92 Å². The van der Waals surface area contributed by atoms with Crippen molar-refractivity contribution in [3.8, 4) is 0 Å². The maximum Gasteiger partial charge on any atom is 0.278 e. The number of hydrogen-bond donors (Lipinski definition) is 1. The molecule has 104 valence electrons. The van der Waals surface area contributed by atoms with Crippen LogP contribution in [0.4, 0.5) is 5.69 Å². The summed E-state index contributed by atoms with van der Waals surface area (Å²) in [5.41, 5.74) is 4.43. The summed E-state index contributed by atoms with van der Waals surface area (Å²) in [6, 6.07) is 0. The van der Waals surface area contributed by atoms with Gasteiger partial charge in [-0.15, -0.1) is 0 Å². The molecule has 1 aromatic carbocycles. The molecule has 2 aliphatic carbocycles. The van der Waals surface area contributed by atoms with E-state index in [4.69, 9.17) is 0 Å². The summed E-state index contributed by atoms with van der Waals surface area (Å²) < 4.78 is 1.24. The fourth-order valence-corrected chi connectivity index (χ4v) is 4.41. The highest BCUT2D eigenvalue weighted by molar-refractivity contribution is 6.01. The molecule has 0 radical (unpaired) electrons. The average molecular weight is 277 g/mol. The Labute approximate surface area is 122 Å². The fourth-order valence-electron chi connectivity index (χ4n) is 4.41. The molecule has 5 rings (SSSR count). The van der Waals surface area contributed by atoms with Crippen LogP contribution in [0.5, 0.6) is 0 Å². The minimum atomic E-state index is 0.480. The first kappa shape index (κ1) is 11.5. The Balaban J connectivity index is 2.03. The van der Waals surface area contributed by atoms with Crippen LogP contribution in [0.15, 0.2) is 18.1 Å². The van der Waals surface area contributed by atoms with E-state index in [1.807, 2.05) is 0 Å². The van der Waals surface area contributed by atoms with Crippen molar-refractivity contribution in [3.05, 3.63) is 39.0 Å². The van der Waals surface area contributed by atoms with Gasteiger partial charge in [0.1, 0.15) is 0 Å². The van der Waals surface area contributed by atoms with Crippen molar-refractivity contribution in [3.63, 3.8) is 0 Å². The molecule has 0 amide bonds. The van der Waals surface area contributed by atoms with Crippen molar-refractivity contribution in [1.82, 2.24) is 4.98 Å². The Kier molecular flexibility index (Phi) is 2.04. The molecule has 1 aliphatic heterocycles. The van der Waals surface area contributed by atoms with Gasteiger partial charge in [0.05, 0.1) is 15.5 Å². The molecule has 3 nitrogen and oxygen atoms in total. The summed E-state index contributed by atoms with van der Waals surface area (Å²) in [5, 5.41) is 4.86. The first-order valence-electron chi connectivity index (χ1n) is 7.81. The van der Waals surface area contributed by atoms with E-state index in [1.165, 1.54) is 38.3 Å². The van der Waals surface area contributed by atoms with E-state index in [0.717, 1.165) is 35.9 Å². The molecule has 1 unspecified atom stereocenters. The van der Waals surface area contributed by atoms with E-state index >= 15 is 0 Å². The summed E-state index contributed by atoms with van der Waals surface area (Å²) >= 11 is 0. The number of rotatable bonds is 0. The van der Waals surface area contributed by atoms with E-state index in [-0.39, 0.29) is 0 Å². The number of aromatic nitrogens is 1. The van der Waals surface area contributed by atoms with Gasteiger partial charge in [0.2, 0.25) is 5.70 Å². The standard InChI is InChI=1S/C18H17N2O/c1-10-4-2-7-15-16(10)17-14-9-19-8-13(14)11-5-3-6-12(11)18(17)20(15)21/h5-6,8-10,19H,2-4,7H2,1H3/q+1. The predicted octanol–water partition coefficient (Wildman–Crippen LogP) is 3.09. The molecule has 0 fully saturated rings. The van der Waals surface area contributed by atoms with Gasteiger partial charge < -0.3 is 4.98 Å². The summed E-state index contributed by atoms with van der Waals surface area (Å²) in [6.07, 6.45) is 12.7. The van der Waals surface area contributed by atoms with Gasteiger partial charge in [-0.1, -0.05) is 19.1 Å². The number of fused-ring (bicyclic) bond motifs is 7. The Morgan fingerprint density at radius 2 is 2.00 bits per heavy atom. The van der Waals surface area contributed by atoms with E-state index in [1.54, 1.807) is 0 Å². The normalized spacial score (nSPS) is 22.9. The van der Waals surface area contributed by atoms with Crippen LogP contribution in [0.2, 0.25) is 0 Å². The second-order valence-electron chi connectivity index (χ2n) is 6.43. The maximum absolute atomic E-state index is 12.9. The van der Waals surface area contributed by atoms with Crippen molar-refractivity contribution < 1.29 is 4.76 Å². The number of H-pyrrole nitrogens is 1. The molecule has 1 atom stereocenters. The molecule has 21 heavy (non-hydrogen) atoms. The first-order chi connectivity index (χ1) is 10.3. The lowest BCUT2D eigenvalue weighted by molar-refractivity contribution is -0.406. The van der Waals surface area contributed by atoms with Gasteiger partial charge in [0.25, 0.3) is 5.69 Å². The third-order valence-electron chi connectivity index (χ3n) is 5.30. The van der Waals surface area contributed by atoms with Crippen LogP contribution in [0, 0.1) is 10.8 Å². The SMILES string of the molecule is CC1CCCC2=C1c1c(c3c(c4c[nH]cc14)=CCC=3)[N+]2=O. The average Bonchev–Trinajstić information content (AvgIpc) is 3.16. The van der Waals surface area contributed by atoms with Crippen LogP contribution >= 0.6 is 0 Å². The second kappa shape index (κ2) is 3.73. The molecule has 2 aromatic rings. The number of nitrogens with one attached hydrogen (secondary N) is 1. The highest BCUT2D eigenvalue weighted by Gasteiger charge is 2.44. The zero-order valence-electron chi connectivity index (χ0n) is 12.1. The summed E-state index contributed by atoms with van der Waals surface area (Å²) in [4.78, 5) is 16.2. The lowest BCUT2D eigenvalue weighted by Crippen LogP contribution is -2.25. The third kappa shape index (κ3) is 1.25. The van der Waals surface area contributed by atoms with Gasteiger partial charge in [-0.25, -0.2) is 0 Å². The lowest BCUT2D eigenvalue weighted by Gasteiger charge is -2.16. The van der Waals surface area contributed by atoms with Crippen molar-refractivity contribution in [2.75, 3.05) is 0 Å². The van der Waals surface area contributed by atoms with E-state index in [9.17, 15) is 4.91 Å². The highest BCUT2D eigenvalue weighted by atomic mass is 16.3. The van der Waals surface area contributed by atoms with Crippen LogP contribution in [0.3, 0.4) is 0 Å². The van der Waals surface area contributed by atoms with Crippen molar-refractivity contribution in [2.24, 2.45) is 5.92 Å². The molecule has 2 heterocycles. The van der Waals surface area contributed by atoms with Crippen LogP contribution < -0.4 is 10.4 Å². The maximum atomic E-state index is 12.9. The van der Waals surface area contributed by atoms with Gasteiger partial charge >= 0.3 is 0 Å². The molecule has 1 aromatic heterocycles. The van der Waals surface area contributed by atoms with Crippen LogP contribution in [-0.4, -0.2) is 9.74 Å². The molecule has 0 spiro atoms. The largest absolute Gasteiger partial charge is 0.366 e. The number of hydrogen-bond acceptors (Lipinski definition) is 1. The monoisotopic (exact) mass is 277 g/mol. The van der Waals surface area contributed by atoms with Crippen molar-refractivity contribution in [2.45, 2.75) is 32.6 Å². The number of nitrogens with zero attached hydrogens (tertiary/aromatic N) is 1. The van der Waals surface area contributed by atoms with Gasteiger partial charge in [-0.2, -0.15) is 0 Å². The Hall–Kier alpha value is -2.16. The smallest absolute Gasteiger partial charge is 0.278 e. The molecular formula is C18H17N2O+. The predicted molar refractivity (Wildman–Crippen MR) is 84.3 cm³/mol.